The van der Waals surface area contributed by atoms with Gasteiger partial charge >= 0.3 is 0 Å². The van der Waals surface area contributed by atoms with Gasteiger partial charge < -0.3 is 5.73 Å². The van der Waals surface area contributed by atoms with Crippen molar-refractivity contribution < 1.29 is 14.0 Å². The van der Waals surface area contributed by atoms with Crippen LogP contribution in [0.2, 0.25) is 0 Å². The van der Waals surface area contributed by atoms with E-state index in [1.807, 2.05) is 0 Å². The van der Waals surface area contributed by atoms with Crippen molar-refractivity contribution in [2.45, 2.75) is 0 Å². The second kappa shape index (κ2) is 5.75. The average Bonchev–Trinajstić information content (AvgIpc) is 2.61. The minimum absolute atomic E-state index is 0. The second-order valence-electron chi connectivity index (χ2n) is 3.71. The van der Waals surface area contributed by atoms with E-state index in [-0.39, 0.29) is 31.1 Å². The SMILES string of the molecule is Cl.NCC(=CF)CN1C(=O)c2ccccc2C1=O. The van der Waals surface area contributed by atoms with E-state index in [4.69, 9.17) is 5.73 Å². The molecule has 0 atom stereocenters. The van der Waals surface area contributed by atoms with Gasteiger partial charge in [0.1, 0.15) is 0 Å². The van der Waals surface area contributed by atoms with Crippen molar-refractivity contribution in [3.63, 3.8) is 0 Å². The number of benzene rings is 1. The fourth-order valence-corrected chi connectivity index (χ4v) is 1.73. The summed E-state index contributed by atoms with van der Waals surface area (Å²) in [4.78, 5) is 24.8. The number of rotatable bonds is 3. The zero-order valence-corrected chi connectivity index (χ0v) is 10.2. The van der Waals surface area contributed by atoms with Crippen LogP contribution in [0.25, 0.3) is 0 Å². The molecule has 0 fully saturated rings. The van der Waals surface area contributed by atoms with Gasteiger partial charge in [0.05, 0.1) is 24.0 Å². The topological polar surface area (TPSA) is 63.4 Å². The smallest absolute Gasteiger partial charge is 0.261 e. The molecule has 0 unspecified atom stereocenters. The number of nitrogens with two attached hydrogens (primary N) is 1. The lowest BCUT2D eigenvalue weighted by molar-refractivity contribution is 0.0667. The Morgan fingerprint density at radius 3 is 2.11 bits per heavy atom. The van der Waals surface area contributed by atoms with Crippen LogP contribution in [0.1, 0.15) is 20.7 Å². The lowest BCUT2D eigenvalue weighted by atomic mass is 10.1. The van der Waals surface area contributed by atoms with Crippen LogP contribution in [-0.4, -0.2) is 29.8 Å². The number of amides is 2. The third kappa shape index (κ3) is 2.27. The van der Waals surface area contributed by atoms with E-state index >= 15 is 0 Å². The maximum Gasteiger partial charge on any atom is 0.261 e. The van der Waals surface area contributed by atoms with Crippen molar-refractivity contribution in [1.29, 1.82) is 0 Å². The molecule has 1 aromatic carbocycles. The third-order valence-electron chi connectivity index (χ3n) is 2.66. The van der Waals surface area contributed by atoms with Gasteiger partial charge in [-0.05, 0) is 17.7 Å². The van der Waals surface area contributed by atoms with E-state index in [0.717, 1.165) is 4.90 Å². The number of hydrogen-bond donors (Lipinski definition) is 1. The first kappa shape index (κ1) is 14.3. The normalized spacial score (nSPS) is 14.6. The van der Waals surface area contributed by atoms with Crippen LogP contribution in [0.3, 0.4) is 0 Å². The predicted octanol–water partition coefficient (Wildman–Crippen LogP) is 1.52. The highest BCUT2D eigenvalue weighted by Gasteiger charge is 2.35. The van der Waals surface area contributed by atoms with Gasteiger partial charge in [0.2, 0.25) is 0 Å². The number of carbonyl (C=O) groups is 2. The van der Waals surface area contributed by atoms with Crippen LogP contribution in [0.5, 0.6) is 0 Å². The van der Waals surface area contributed by atoms with E-state index in [1.54, 1.807) is 24.3 Å². The molecular weight excluding hydrogens is 259 g/mol. The van der Waals surface area contributed by atoms with Crippen LogP contribution in [0.15, 0.2) is 36.2 Å². The molecule has 2 rings (SSSR count). The second-order valence-corrected chi connectivity index (χ2v) is 3.71. The van der Waals surface area contributed by atoms with E-state index in [1.165, 1.54) is 0 Å². The van der Waals surface area contributed by atoms with Crippen molar-refractivity contribution in [3.05, 3.63) is 47.3 Å². The number of nitrogens with zero attached hydrogens (tertiary/aromatic N) is 1. The van der Waals surface area contributed by atoms with Gasteiger partial charge in [-0.1, -0.05) is 12.1 Å². The molecule has 1 aliphatic rings. The maximum atomic E-state index is 12.4. The van der Waals surface area contributed by atoms with E-state index in [0.29, 0.717) is 17.5 Å². The summed E-state index contributed by atoms with van der Waals surface area (Å²) in [5.41, 5.74) is 6.22. The highest BCUT2D eigenvalue weighted by molar-refractivity contribution is 6.21. The van der Waals surface area contributed by atoms with E-state index < -0.39 is 11.8 Å². The summed E-state index contributed by atoms with van der Waals surface area (Å²) in [5.74, 6) is -0.809. The molecule has 1 heterocycles. The van der Waals surface area contributed by atoms with Gasteiger partial charge in [0.25, 0.3) is 11.8 Å². The molecule has 0 aromatic heterocycles. The van der Waals surface area contributed by atoms with E-state index in [2.05, 4.69) is 0 Å². The number of hydrogen-bond acceptors (Lipinski definition) is 3. The van der Waals surface area contributed by atoms with Crippen LogP contribution >= 0.6 is 12.4 Å². The summed E-state index contributed by atoms with van der Waals surface area (Å²) in [6.45, 7) is -0.122. The molecular formula is C12H12ClFN2O2. The van der Waals surface area contributed by atoms with Crippen molar-refractivity contribution in [2.24, 2.45) is 5.73 Å². The summed E-state index contributed by atoms with van der Waals surface area (Å²) in [5, 5.41) is 0. The maximum absolute atomic E-state index is 12.4. The fraction of sp³-hybridized carbons (Fsp3) is 0.167. The minimum Gasteiger partial charge on any atom is -0.327 e. The van der Waals surface area contributed by atoms with Crippen LogP contribution in [0.4, 0.5) is 4.39 Å². The average molecular weight is 271 g/mol. The highest BCUT2D eigenvalue weighted by atomic mass is 35.5. The summed E-state index contributed by atoms with van der Waals surface area (Å²) in [6, 6.07) is 6.53. The minimum atomic E-state index is -0.404. The zero-order valence-electron chi connectivity index (χ0n) is 9.43. The summed E-state index contributed by atoms with van der Waals surface area (Å²) >= 11 is 0. The molecule has 1 aromatic rings. The molecule has 96 valence electrons. The quantitative estimate of drug-likeness (QED) is 0.847. The molecule has 0 radical (unpaired) electrons. The van der Waals surface area contributed by atoms with Crippen molar-refractivity contribution in [1.82, 2.24) is 4.90 Å². The van der Waals surface area contributed by atoms with Crippen LogP contribution in [-0.2, 0) is 0 Å². The van der Waals surface area contributed by atoms with Gasteiger partial charge in [-0.25, -0.2) is 4.39 Å². The number of fused-ring (bicyclic) bond motifs is 1. The molecule has 0 spiro atoms. The molecule has 6 heteroatoms. The Labute approximate surface area is 110 Å². The number of imide groups is 1. The van der Waals surface area contributed by atoms with Crippen molar-refractivity contribution in [3.8, 4) is 0 Å². The molecule has 18 heavy (non-hydrogen) atoms. The first-order valence-corrected chi connectivity index (χ1v) is 5.12. The van der Waals surface area contributed by atoms with E-state index in [9.17, 15) is 14.0 Å². The van der Waals surface area contributed by atoms with Gasteiger partial charge in [-0.2, -0.15) is 0 Å². The lowest BCUT2D eigenvalue weighted by Gasteiger charge is -2.14. The Bertz CT molecular complexity index is 482. The largest absolute Gasteiger partial charge is 0.327 e. The Kier molecular flexibility index (Phi) is 4.58. The third-order valence-corrected chi connectivity index (χ3v) is 2.66. The first-order valence-electron chi connectivity index (χ1n) is 5.12. The molecule has 4 nitrogen and oxygen atoms in total. The van der Waals surface area contributed by atoms with Gasteiger partial charge in [0.15, 0.2) is 0 Å². The molecule has 1 aliphatic heterocycles. The molecule has 2 N–H and O–H groups in total. The van der Waals surface area contributed by atoms with Gasteiger partial charge in [0, 0.05) is 6.54 Å². The van der Waals surface area contributed by atoms with Crippen molar-refractivity contribution >= 4 is 24.2 Å². The number of carbonyl (C=O) groups excluding carboxylic acids is 2. The summed E-state index contributed by atoms with van der Waals surface area (Å²) < 4.78 is 12.4. The number of halogens is 2. The Morgan fingerprint density at radius 2 is 1.72 bits per heavy atom. The summed E-state index contributed by atoms with van der Waals surface area (Å²) in [7, 11) is 0. The lowest BCUT2D eigenvalue weighted by Crippen LogP contribution is -2.33. The standard InChI is InChI=1S/C12H11FN2O2.ClH/c13-5-8(6-14)7-15-11(16)9-3-1-2-4-10(9)12(15)17;/h1-5H,6-7,14H2;1H. The predicted molar refractivity (Wildman–Crippen MR) is 67.3 cm³/mol. The molecule has 0 aliphatic carbocycles. The molecule has 2 amide bonds. The molecule has 0 saturated heterocycles. The van der Waals surface area contributed by atoms with Gasteiger partial charge in [-0.3, -0.25) is 14.5 Å². The first-order chi connectivity index (χ1) is 8.19. The highest BCUT2D eigenvalue weighted by Crippen LogP contribution is 2.22. The summed E-state index contributed by atoms with van der Waals surface area (Å²) in [6.07, 6.45) is 0.337. The zero-order chi connectivity index (χ0) is 12.4. The van der Waals surface area contributed by atoms with Crippen LogP contribution in [0, 0.1) is 0 Å². The Hall–Kier alpha value is -1.72. The Morgan fingerprint density at radius 1 is 1.22 bits per heavy atom. The van der Waals surface area contributed by atoms with Gasteiger partial charge in [-0.15, -0.1) is 12.4 Å². The monoisotopic (exact) mass is 270 g/mol. The van der Waals surface area contributed by atoms with Crippen LogP contribution < -0.4 is 5.73 Å². The molecule has 0 bridgehead atoms. The van der Waals surface area contributed by atoms with Crippen molar-refractivity contribution in [2.75, 3.05) is 13.1 Å². The fourth-order valence-electron chi connectivity index (χ4n) is 1.73. The Balaban J connectivity index is 0.00000162. The molecule has 0 saturated carbocycles.